The van der Waals surface area contributed by atoms with Gasteiger partial charge in [0.1, 0.15) is 11.6 Å². The molecule has 2 unspecified atom stereocenters. The molecule has 4 heteroatoms. The molecule has 1 aromatic carbocycles. The molecule has 0 aliphatic carbocycles. The molecule has 0 radical (unpaired) electrons. The van der Waals surface area contributed by atoms with Crippen molar-refractivity contribution in [2.24, 2.45) is 5.92 Å². The van der Waals surface area contributed by atoms with Crippen LogP contribution in [0.1, 0.15) is 30.1 Å². The number of carbonyl (C=O) groups excluding carboxylic acids is 1. The lowest BCUT2D eigenvalue weighted by Crippen LogP contribution is -2.24. The molecule has 0 saturated carbocycles. The van der Waals surface area contributed by atoms with E-state index in [1.165, 1.54) is 0 Å². The molecule has 2 nitrogen and oxygen atoms in total. The van der Waals surface area contributed by atoms with Crippen LogP contribution in [-0.4, -0.2) is 18.5 Å². The summed E-state index contributed by atoms with van der Waals surface area (Å²) in [5, 5.41) is 0. The van der Waals surface area contributed by atoms with Gasteiger partial charge in [-0.25, -0.2) is 8.78 Å². The third kappa shape index (κ3) is 2.36. The summed E-state index contributed by atoms with van der Waals surface area (Å²) in [6, 6.07) is 2.95. The third-order valence-electron chi connectivity index (χ3n) is 3.14. The maximum Gasteiger partial charge on any atom is 0.171 e. The van der Waals surface area contributed by atoms with Crippen LogP contribution in [0.3, 0.4) is 0 Å². The van der Waals surface area contributed by atoms with E-state index in [0.717, 1.165) is 18.2 Å². The van der Waals surface area contributed by atoms with E-state index in [-0.39, 0.29) is 23.4 Å². The first-order chi connectivity index (χ1) is 8.13. The van der Waals surface area contributed by atoms with Crippen LogP contribution in [0.25, 0.3) is 0 Å². The van der Waals surface area contributed by atoms with Crippen LogP contribution in [0.4, 0.5) is 8.78 Å². The lowest BCUT2D eigenvalue weighted by atomic mass is 9.90. The van der Waals surface area contributed by atoms with Crippen LogP contribution in [-0.2, 0) is 4.74 Å². The lowest BCUT2D eigenvalue weighted by molar-refractivity contribution is 0.0686. The van der Waals surface area contributed by atoms with Crippen LogP contribution in [0.5, 0.6) is 0 Å². The molecule has 1 heterocycles. The first kappa shape index (κ1) is 12.2. The van der Waals surface area contributed by atoms with Crippen molar-refractivity contribution in [3.63, 3.8) is 0 Å². The highest BCUT2D eigenvalue weighted by atomic mass is 19.1. The Labute approximate surface area is 98.6 Å². The van der Waals surface area contributed by atoms with Gasteiger partial charge in [-0.05, 0) is 31.0 Å². The predicted octanol–water partition coefficient (Wildman–Crippen LogP) is 2.96. The molecular weight excluding hydrogens is 226 g/mol. The van der Waals surface area contributed by atoms with Gasteiger partial charge in [-0.2, -0.15) is 0 Å². The van der Waals surface area contributed by atoms with E-state index in [2.05, 4.69) is 0 Å². The summed E-state index contributed by atoms with van der Waals surface area (Å²) in [6.07, 6.45) is 1.10. The van der Waals surface area contributed by atoms with Crippen LogP contribution >= 0.6 is 0 Å². The normalized spacial score (nSPS) is 23.9. The minimum absolute atomic E-state index is 0.168. The van der Waals surface area contributed by atoms with Crippen LogP contribution in [0.15, 0.2) is 18.2 Å². The Bertz CT molecular complexity index is 431. The second kappa shape index (κ2) is 4.92. The molecule has 1 aliphatic heterocycles. The molecular formula is C13H14F2O2. The van der Waals surface area contributed by atoms with Crippen LogP contribution in [0, 0.1) is 17.6 Å². The average Bonchev–Trinajstić information content (AvgIpc) is 2.79. The lowest BCUT2D eigenvalue weighted by Gasteiger charge is -2.15. The summed E-state index contributed by atoms with van der Waals surface area (Å²) >= 11 is 0. The Hall–Kier alpha value is -1.29. The molecule has 2 atom stereocenters. The van der Waals surface area contributed by atoms with Crippen molar-refractivity contribution in [3.8, 4) is 0 Å². The topological polar surface area (TPSA) is 26.3 Å². The zero-order chi connectivity index (χ0) is 12.4. The summed E-state index contributed by atoms with van der Waals surface area (Å²) < 4.78 is 31.9. The number of rotatable bonds is 3. The van der Waals surface area contributed by atoms with Crippen molar-refractivity contribution >= 4 is 5.78 Å². The van der Waals surface area contributed by atoms with E-state index in [0.29, 0.717) is 19.4 Å². The average molecular weight is 240 g/mol. The van der Waals surface area contributed by atoms with Crippen molar-refractivity contribution in [3.05, 3.63) is 35.4 Å². The van der Waals surface area contributed by atoms with Gasteiger partial charge < -0.3 is 4.74 Å². The van der Waals surface area contributed by atoms with Gasteiger partial charge in [-0.3, -0.25) is 4.79 Å². The fourth-order valence-electron chi connectivity index (χ4n) is 2.24. The van der Waals surface area contributed by atoms with Crippen molar-refractivity contribution < 1.29 is 18.3 Å². The molecule has 0 N–H and O–H groups in total. The minimum Gasteiger partial charge on any atom is -0.377 e. The van der Waals surface area contributed by atoms with E-state index >= 15 is 0 Å². The van der Waals surface area contributed by atoms with Gasteiger partial charge in [0.25, 0.3) is 0 Å². The van der Waals surface area contributed by atoms with Gasteiger partial charge in [0.2, 0.25) is 0 Å². The zero-order valence-electron chi connectivity index (χ0n) is 9.58. The zero-order valence-corrected chi connectivity index (χ0v) is 9.58. The SMILES string of the molecule is CCC1OCCC1C(=O)c1cc(F)ccc1F. The maximum absolute atomic E-state index is 13.5. The smallest absolute Gasteiger partial charge is 0.171 e. The Kier molecular flexibility index (Phi) is 3.52. The molecule has 1 saturated heterocycles. The number of ketones is 1. The van der Waals surface area contributed by atoms with Gasteiger partial charge in [0.05, 0.1) is 17.6 Å². The van der Waals surface area contributed by atoms with Gasteiger partial charge in [-0.1, -0.05) is 6.92 Å². The van der Waals surface area contributed by atoms with Gasteiger partial charge in [0, 0.05) is 6.61 Å². The predicted molar refractivity (Wildman–Crippen MR) is 58.8 cm³/mol. The molecule has 0 bridgehead atoms. The van der Waals surface area contributed by atoms with Crippen molar-refractivity contribution in [2.45, 2.75) is 25.9 Å². The largest absolute Gasteiger partial charge is 0.377 e. The van der Waals surface area contributed by atoms with Gasteiger partial charge in [0.15, 0.2) is 5.78 Å². The second-order valence-electron chi connectivity index (χ2n) is 4.20. The first-order valence-electron chi connectivity index (χ1n) is 5.74. The van der Waals surface area contributed by atoms with Crippen molar-refractivity contribution in [1.82, 2.24) is 0 Å². The quantitative estimate of drug-likeness (QED) is 0.759. The Morgan fingerprint density at radius 2 is 2.24 bits per heavy atom. The van der Waals surface area contributed by atoms with E-state index in [1.807, 2.05) is 6.92 Å². The molecule has 0 amide bonds. The summed E-state index contributed by atoms with van der Waals surface area (Å²) in [6.45, 7) is 2.42. The molecule has 17 heavy (non-hydrogen) atoms. The Balaban J connectivity index is 2.27. The summed E-state index contributed by atoms with van der Waals surface area (Å²) in [5.41, 5.74) is -0.168. The van der Waals surface area contributed by atoms with E-state index in [1.54, 1.807) is 0 Å². The fourth-order valence-corrected chi connectivity index (χ4v) is 2.24. The minimum atomic E-state index is -0.668. The summed E-state index contributed by atoms with van der Waals surface area (Å²) in [4.78, 5) is 12.1. The molecule has 1 aromatic rings. The number of hydrogen-bond donors (Lipinski definition) is 0. The standard InChI is InChI=1S/C13H14F2O2/c1-2-12-9(5-6-17-12)13(16)10-7-8(14)3-4-11(10)15/h3-4,7,9,12H,2,5-6H2,1H3. The first-order valence-corrected chi connectivity index (χ1v) is 5.74. The van der Waals surface area contributed by atoms with Crippen LogP contribution < -0.4 is 0 Å². The maximum atomic E-state index is 13.5. The Morgan fingerprint density at radius 1 is 1.47 bits per heavy atom. The van der Waals surface area contributed by atoms with Crippen LogP contribution in [0.2, 0.25) is 0 Å². The van der Waals surface area contributed by atoms with Gasteiger partial charge >= 0.3 is 0 Å². The van der Waals surface area contributed by atoms with Gasteiger partial charge in [-0.15, -0.1) is 0 Å². The number of hydrogen-bond acceptors (Lipinski definition) is 2. The molecule has 1 fully saturated rings. The second-order valence-corrected chi connectivity index (χ2v) is 4.20. The molecule has 0 spiro atoms. The highest BCUT2D eigenvalue weighted by Crippen LogP contribution is 2.28. The fraction of sp³-hybridized carbons (Fsp3) is 0.462. The van der Waals surface area contributed by atoms with Crippen molar-refractivity contribution in [2.75, 3.05) is 6.61 Å². The number of Topliss-reactive ketones (excluding diaryl/α,β-unsaturated/α-hetero) is 1. The number of carbonyl (C=O) groups is 1. The molecule has 92 valence electrons. The summed E-state index contributed by atoms with van der Waals surface area (Å²) in [7, 11) is 0. The van der Waals surface area contributed by atoms with E-state index in [9.17, 15) is 13.6 Å². The summed E-state index contributed by atoms with van der Waals surface area (Å²) in [5.74, 6) is -1.97. The van der Waals surface area contributed by atoms with E-state index in [4.69, 9.17) is 4.74 Å². The monoisotopic (exact) mass is 240 g/mol. The molecule has 1 aliphatic rings. The molecule has 2 rings (SSSR count). The van der Waals surface area contributed by atoms with Crippen molar-refractivity contribution in [1.29, 1.82) is 0 Å². The van der Waals surface area contributed by atoms with E-state index < -0.39 is 11.6 Å². The highest BCUT2D eigenvalue weighted by molar-refractivity contribution is 5.98. The Morgan fingerprint density at radius 3 is 2.94 bits per heavy atom. The number of halogens is 2. The number of ether oxygens (including phenoxy) is 1. The third-order valence-corrected chi connectivity index (χ3v) is 3.14. The highest BCUT2D eigenvalue weighted by Gasteiger charge is 2.34. The molecule has 0 aromatic heterocycles. The number of benzene rings is 1.